The van der Waals surface area contributed by atoms with E-state index in [9.17, 15) is 8.42 Å². The number of methoxy groups -OCH3 is 1. The number of rotatable bonds is 6. The second-order valence-electron chi connectivity index (χ2n) is 5.52. The molecule has 1 fully saturated rings. The van der Waals surface area contributed by atoms with Crippen LogP contribution in [0.15, 0.2) is 23.1 Å². The Kier molecular flexibility index (Phi) is 4.25. The highest BCUT2D eigenvalue weighted by molar-refractivity contribution is 7.89. The average Bonchev–Trinajstić information content (AvgIpc) is 3.18. The van der Waals surface area contributed by atoms with Crippen LogP contribution in [-0.4, -0.2) is 32.4 Å². The molecule has 112 valence electrons. The van der Waals surface area contributed by atoms with E-state index in [2.05, 4.69) is 0 Å². The van der Waals surface area contributed by atoms with Gasteiger partial charge >= 0.3 is 0 Å². The minimum atomic E-state index is -3.56. The average molecular weight is 298 g/mol. The molecule has 1 aromatic rings. The molecule has 2 rings (SSSR count). The maximum atomic E-state index is 12.8. The minimum Gasteiger partial charge on any atom is -0.497 e. The third-order valence-corrected chi connectivity index (χ3v) is 5.63. The third-order valence-electron chi connectivity index (χ3n) is 3.51. The van der Waals surface area contributed by atoms with Gasteiger partial charge in [-0.2, -0.15) is 4.31 Å². The maximum Gasteiger partial charge on any atom is 0.245 e. The van der Waals surface area contributed by atoms with E-state index >= 15 is 0 Å². The number of hydrogen-bond donors (Lipinski definition) is 1. The Morgan fingerprint density at radius 1 is 1.40 bits per heavy atom. The number of anilines is 1. The number of hydrogen-bond acceptors (Lipinski definition) is 4. The standard InChI is InChI=1S/C14H22N2O3S/c1-10(2)16(9-11-4-5-11)20(17,18)14-7-6-12(19-3)8-13(14)15/h6-8,10-11H,4-5,9,15H2,1-3H3. The van der Waals surface area contributed by atoms with Crippen molar-refractivity contribution in [1.82, 2.24) is 4.31 Å². The molecule has 0 amide bonds. The quantitative estimate of drug-likeness (QED) is 0.816. The number of nitrogens with zero attached hydrogens (tertiary/aromatic N) is 1. The van der Waals surface area contributed by atoms with Crippen molar-refractivity contribution in [1.29, 1.82) is 0 Å². The van der Waals surface area contributed by atoms with Crippen molar-refractivity contribution < 1.29 is 13.2 Å². The summed E-state index contributed by atoms with van der Waals surface area (Å²) in [5.41, 5.74) is 6.11. The van der Waals surface area contributed by atoms with Gasteiger partial charge in [-0.05, 0) is 44.7 Å². The van der Waals surface area contributed by atoms with E-state index in [1.165, 1.54) is 13.2 Å². The van der Waals surface area contributed by atoms with E-state index in [0.717, 1.165) is 12.8 Å². The highest BCUT2D eigenvalue weighted by Gasteiger charge is 2.34. The Morgan fingerprint density at radius 2 is 2.05 bits per heavy atom. The lowest BCUT2D eigenvalue weighted by Crippen LogP contribution is -2.38. The molecule has 0 heterocycles. The molecule has 0 unspecified atom stereocenters. The normalized spacial score (nSPS) is 15.8. The second-order valence-corrected chi connectivity index (χ2v) is 7.37. The molecule has 6 heteroatoms. The topological polar surface area (TPSA) is 72.6 Å². The van der Waals surface area contributed by atoms with Gasteiger partial charge in [0.05, 0.1) is 12.8 Å². The zero-order valence-electron chi connectivity index (χ0n) is 12.2. The predicted octanol–water partition coefficient (Wildman–Crippen LogP) is 2.09. The summed E-state index contributed by atoms with van der Waals surface area (Å²) < 4.78 is 32.1. The SMILES string of the molecule is COc1ccc(S(=O)(=O)N(CC2CC2)C(C)C)c(N)c1. The molecule has 0 spiro atoms. The summed E-state index contributed by atoms with van der Waals surface area (Å²) in [6, 6.07) is 4.61. The number of ether oxygens (including phenoxy) is 1. The van der Waals surface area contributed by atoms with Gasteiger partial charge in [-0.25, -0.2) is 8.42 Å². The molecule has 1 saturated carbocycles. The number of nitrogen functional groups attached to an aromatic ring is 1. The van der Waals surface area contributed by atoms with Crippen LogP contribution in [0.3, 0.4) is 0 Å². The van der Waals surface area contributed by atoms with Crippen molar-refractivity contribution in [2.45, 2.75) is 37.6 Å². The van der Waals surface area contributed by atoms with E-state index in [-0.39, 0.29) is 16.6 Å². The first-order valence-corrected chi connectivity index (χ1v) is 8.25. The molecular formula is C14H22N2O3S. The van der Waals surface area contributed by atoms with Gasteiger partial charge in [0.1, 0.15) is 10.6 Å². The summed E-state index contributed by atoms with van der Waals surface area (Å²) in [6.07, 6.45) is 2.22. The van der Waals surface area contributed by atoms with Crippen LogP contribution in [0.1, 0.15) is 26.7 Å². The maximum absolute atomic E-state index is 12.8. The largest absolute Gasteiger partial charge is 0.497 e. The lowest BCUT2D eigenvalue weighted by Gasteiger charge is -2.26. The van der Waals surface area contributed by atoms with E-state index in [1.54, 1.807) is 16.4 Å². The zero-order chi connectivity index (χ0) is 14.9. The fraction of sp³-hybridized carbons (Fsp3) is 0.571. The van der Waals surface area contributed by atoms with Crippen LogP contribution in [0.2, 0.25) is 0 Å². The molecule has 5 nitrogen and oxygen atoms in total. The molecular weight excluding hydrogens is 276 g/mol. The van der Waals surface area contributed by atoms with Gasteiger partial charge in [-0.15, -0.1) is 0 Å². The Balaban J connectivity index is 2.36. The highest BCUT2D eigenvalue weighted by Crippen LogP contribution is 2.34. The molecule has 1 aromatic carbocycles. The lowest BCUT2D eigenvalue weighted by molar-refractivity contribution is 0.342. The minimum absolute atomic E-state index is 0.0814. The molecule has 0 aromatic heterocycles. The van der Waals surface area contributed by atoms with Gasteiger partial charge in [-0.1, -0.05) is 0 Å². The van der Waals surface area contributed by atoms with Crippen LogP contribution >= 0.6 is 0 Å². The van der Waals surface area contributed by atoms with Crippen LogP contribution in [-0.2, 0) is 10.0 Å². The van der Waals surface area contributed by atoms with Crippen LogP contribution in [0.5, 0.6) is 5.75 Å². The summed E-state index contributed by atoms with van der Waals surface area (Å²) in [5, 5.41) is 0. The number of nitrogens with two attached hydrogens (primary N) is 1. The van der Waals surface area contributed by atoms with Gasteiger partial charge in [0.15, 0.2) is 0 Å². The predicted molar refractivity (Wildman–Crippen MR) is 79.2 cm³/mol. The zero-order valence-corrected chi connectivity index (χ0v) is 13.0. The van der Waals surface area contributed by atoms with Crippen LogP contribution in [0, 0.1) is 5.92 Å². The Morgan fingerprint density at radius 3 is 2.50 bits per heavy atom. The van der Waals surface area contributed by atoms with Gasteiger partial charge in [-0.3, -0.25) is 0 Å². The van der Waals surface area contributed by atoms with E-state index < -0.39 is 10.0 Å². The summed E-state index contributed by atoms with van der Waals surface area (Å²) in [5.74, 6) is 1.05. The number of sulfonamides is 1. The van der Waals surface area contributed by atoms with Crippen LogP contribution in [0.25, 0.3) is 0 Å². The molecule has 0 atom stereocenters. The summed E-state index contributed by atoms with van der Waals surface area (Å²) in [4.78, 5) is 0.160. The Hall–Kier alpha value is -1.27. The second kappa shape index (κ2) is 5.61. The summed E-state index contributed by atoms with van der Waals surface area (Å²) in [7, 11) is -2.03. The van der Waals surface area contributed by atoms with Crippen molar-refractivity contribution in [3.63, 3.8) is 0 Å². The number of benzene rings is 1. The van der Waals surface area contributed by atoms with Crippen molar-refractivity contribution in [3.05, 3.63) is 18.2 Å². The summed E-state index contributed by atoms with van der Waals surface area (Å²) in [6.45, 7) is 4.35. The van der Waals surface area contributed by atoms with E-state index in [4.69, 9.17) is 10.5 Å². The van der Waals surface area contributed by atoms with E-state index in [1.807, 2.05) is 13.8 Å². The molecule has 0 saturated heterocycles. The molecule has 20 heavy (non-hydrogen) atoms. The van der Waals surface area contributed by atoms with Crippen molar-refractivity contribution in [2.75, 3.05) is 19.4 Å². The molecule has 2 N–H and O–H groups in total. The molecule has 1 aliphatic carbocycles. The van der Waals surface area contributed by atoms with Crippen molar-refractivity contribution in [2.24, 2.45) is 5.92 Å². The lowest BCUT2D eigenvalue weighted by atomic mass is 10.3. The van der Waals surface area contributed by atoms with Crippen molar-refractivity contribution >= 4 is 15.7 Å². The smallest absolute Gasteiger partial charge is 0.245 e. The van der Waals surface area contributed by atoms with Gasteiger partial charge < -0.3 is 10.5 Å². The monoisotopic (exact) mass is 298 g/mol. The van der Waals surface area contributed by atoms with Gasteiger partial charge in [0.25, 0.3) is 0 Å². The fourth-order valence-corrected chi connectivity index (χ4v) is 3.97. The Labute approximate surface area is 120 Å². The molecule has 0 radical (unpaired) electrons. The first-order valence-electron chi connectivity index (χ1n) is 6.81. The molecule has 1 aliphatic rings. The fourth-order valence-electron chi connectivity index (χ4n) is 2.16. The third kappa shape index (κ3) is 3.07. The summed E-state index contributed by atoms with van der Waals surface area (Å²) >= 11 is 0. The Bertz CT molecular complexity index is 580. The first-order chi connectivity index (χ1) is 9.36. The first kappa shape index (κ1) is 15.1. The van der Waals surface area contributed by atoms with Gasteiger partial charge in [0, 0.05) is 18.7 Å². The van der Waals surface area contributed by atoms with Gasteiger partial charge in [0.2, 0.25) is 10.0 Å². The van der Waals surface area contributed by atoms with E-state index in [0.29, 0.717) is 18.2 Å². The van der Waals surface area contributed by atoms with Crippen LogP contribution in [0.4, 0.5) is 5.69 Å². The molecule has 0 aliphatic heterocycles. The van der Waals surface area contributed by atoms with Crippen LogP contribution < -0.4 is 10.5 Å². The highest BCUT2D eigenvalue weighted by atomic mass is 32.2. The molecule has 0 bridgehead atoms. The van der Waals surface area contributed by atoms with Crippen molar-refractivity contribution in [3.8, 4) is 5.75 Å².